The Hall–Kier alpha value is -1.94. The number of pyridine rings is 1. The molecule has 1 amide bonds. The lowest BCUT2D eigenvalue weighted by Gasteiger charge is -2.27. The molecule has 0 bridgehead atoms. The summed E-state index contributed by atoms with van der Waals surface area (Å²) in [6.07, 6.45) is 0. The number of amides is 1. The first-order chi connectivity index (χ1) is 8.84. The molecule has 4 nitrogen and oxygen atoms in total. The minimum absolute atomic E-state index is 0.0299. The fraction of sp³-hybridized carbons (Fsp3) is 0.286. The van der Waals surface area contributed by atoms with Crippen LogP contribution in [0.3, 0.4) is 0 Å². The molecule has 0 saturated carbocycles. The highest BCUT2D eigenvalue weighted by Crippen LogP contribution is 2.13. The second-order valence-electron chi connectivity index (χ2n) is 4.43. The van der Waals surface area contributed by atoms with E-state index < -0.39 is 0 Å². The zero-order valence-electron chi connectivity index (χ0n) is 10.1. The topological polar surface area (TPSA) is 45.2 Å². The highest BCUT2D eigenvalue weighted by atomic mass is 16.2. The molecule has 1 aromatic heterocycles. The molecule has 4 heteroatoms. The van der Waals surface area contributed by atoms with Crippen molar-refractivity contribution in [1.29, 1.82) is 0 Å². The molecule has 92 valence electrons. The summed E-state index contributed by atoms with van der Waals surface area (Å²) in [6, 6.07) is 11.6. The van der Waals surface area contributed by atoms with Crippen molar-refractivity contribution in [2.45, 2.75) is 0 Å². The second kappa shape index (κ2) is 4.74. The van der Waals surface area contributed by atoms with E-state index in [0.717, 1.165) is 37.1 Å². The molecule has 0 aliphatic carbocycles. The van der Waals surface area contributed by atoms with E-state index in [0.29, 0.717) is 5.69 Å². The number of carbonyl (C=O) groups is 1. The number of rotatable bonds is 1. The summed E-state index contributed by atoms with van der Waals surface area (Å²) in [4.78, 5) is 18.6. The van der Waals surface area contributed by atoms with Gasteiger partial charge in [-0.25, -0.2) is 4.98 Å². The standard InChI is InChI=1S/C14H15N3O/c18-14(17-9-7-15-8-10-17)13-6-5-11-3-1-2-4-12(11)16-13/h1-6,15H,7-10H2. The van der Waals surface area contributed by atoms with Crippen molar-refractivity contribution in [3.05, 3.63) is 42.1 Å². The summed E-state index contributed by atoms with van der Waals surface area (Å²) < 4.78 is 0. The van der Waals surface area contributed by atoms with E-state index >= 15 is 0 Å². The first-order valence-corrected chi connectivity index (χ1v) is 6.20. The highest BCUT2D eigenvalue weighted by Gasteiger charge is 2.18. The van der Waals surface area contributed by atoms with Crippen LogP contribution >= 0.6 is 0 Å². The number of para-hydroxylation sites is 1. The number of benzene rings is 1. The molecule has 18 heavy (non-hydrogen) atoms. The van der Waals surface area contributed by atoms with Crippen molar-refractivity contribution < 1.29 is 4.79 Å². The van der Waals surface area contributed by atoms with Crippen LogP contribution in [0.25, 0.3) is 10.9 Å². The van der Waals surface area contributed by atoms with Crippen molar-refractivity contribution in [3.8, 4) is 0 Å². The molecule has 1 aliphatic rings. The molecule has 1 N–H and O–H groups in total. The quantitative estimate of drug-likeness (QED) is 0.818. The summed E-state index contributed by atoms with van der Waals surface area (Å²) in [5, 5.41) is 4.30. The lowest BCUT2D eigenvalue weighted by molar-refractivity contribution is 0.0730. The van der Waals surface area contributed by atoms with Gasteiger partial charge in [0, 0.05) is 31.6 Å². The molecular weight excluding hydrogens is 226 g/mol. The molecule has 1 aliphatic heterocycles. The zero-order chi connectivity index (χ0) is 12.4. The van der Waals surface area contributed by atoms with E-state index in [-0.39, 0.29) is 5.91 Å². The average Bonchev–Trinajstić information content (AvgIpc) is 2.47. The van der Waals surface area contributed by atoms with Crippen LogP contribution in [0.2, 0.25) is 0 Å². The third-order valence-corrected chi connectivity index (χ3v) is 3.22. The molecule has 0 atom stereocenters. The van der Waals surface area contributed by atoms with Crippen molar-refractivity contribution in [3.63, 3.8) is 0 Å². The Morgan fingerprint density at radius 3 is 2.72 bits per heavy atom. The van der Waals surface area contributed by atoms with Gasteiger partial charge in [0.2, 0.25) is 0 Å². The summed E-state index contributed by atoms with van der Waals surface area (Å²) in [5.41, 5.74) is 1.41. The maximum atomic E-state index is 12.3. The molecule has 2 heterocycles. The van der Waals surface area contributed by atoms with Crippen LogP contribution in [-0.4, -0.2) is 42.0 Å². The van der Waals surface area contributed by atoms with Crippen LogP contribution in [0.15, 0.2) is 36.4 Å². The molecule has 0 spiro atoms. The first kappa shape index (κ1) is 11.2. The van der Waals surface area contributed by atoms with Gasteiger partial charge < -0.3 is 10.2 Å². The lowest BCUT2D eigenvalue weighted by Crippen LogP contribution is -2.46. The molecule has 2 aromatic rings. The van der Waals surface area contributed by atoms with Gasteiger partial charge in [0.15, 0.2) is 0 Å². The minimum Gasteiger partial charge on any atom is -0.335 e. The monoisotopic (exact) mass is 241 g/mol. The summed E-state index contributed by atoms with van der Waals surface area (Å²) >= 11 is 0. The van der Waals surface area contributed by atoms with Crippen molar-refractivity contribution >= 4 is 16.8 Å². The normalized spacial score (nSPS) is 15.9. The Balaban J connectivity index is 1.91. The Labute approximate surface area is 106 Å². The Bertz CT molecular complexity index is 576. The number of nitrogens with zero attached hydrogens (tertiary/aromatic N) is 2. The summed E-state index contributed by atoms with van der Waals surface area (Å²) in [7, 11) is 0. The van der Waals surface area contributed by atoms with Gasteiger partial charge in [-0.1, -0.05) is 24.3 Å². The van der Waals surface area contributed by atoms with Gasteiger partial charge in [0.05, 0.1) is 5.52 Å². The van der Waals surface area contributed by atoms with Crippen LogP contribution in [0, 0.1) is 0 Å². The molecule has 0 unspecified atom stereocenters. The molecule has 1 fully saturated rings. The van der Waals surface area contributed by atoms with E-state index in [1.165, 1.54) is 0 Å². The van der Waals surface area contributed by atoms with E-state index in [2.05, 4.69) is 10.3 Å². The van der Waals surface area contributed by atoms with E-state index in [1.54, 1.807) is 0 Å². The zero-order valence-corrected chi connectivity index (χ0v) is 10.1. The minimum atomic E-state index is 0.0299. The van der Waals surface area contributed by atoms with Gasteiger partial charge in [0.25, 0.3) is 5.91 Å². The number of piperazine rings is 1. The fourth-order valence-electron chi connectivity index (χ4n) is 2.22. The number of nitrogens with one attached hydrogen (secondary N) is 1. The molecule has 0 radical (unpaired) electrons. The van der Waals surface area contributed by atoms with Gasteiger partial charge in [0.1, 0.15) is 5.69 Å². The first-order valence-electron chi connectivity index (χ1n) is 6.20. The van der Waals surface area contributed by atoms with Crippen LogP contribution < -0.4 is 5.32 Å². The fourth-order valence-corrected chi connectivity index (χ4v) is 2.22. The van der Waals surface area contributed by atoms with Gasteiger partial charge >= 0.3 is 0 Å². The van der Waals surface area contributed by atoms with Crippen molar-refractivity contribution in [1.82, 2.24) is 15.2 Å². The van der Waals surface area contributed by atoms with E-state index in [1.807, 2.05) is 41.3 Å². The summed E-state index contributed by atoms with van der Waals surface area (Å²) in [5.74, 6) is 0.0299. The Morgan fingerprint density at radius 1 is 1.11 bits per heavy atom. The van der Waals surface area contributed by atoms with Crippen LogP contribution in [0.5, 0.6) is 0 Å². The average molecular weight is 241 g/mol. The van der Waals surface area contributed by atoms with Crippen LogP contribution in [-0.2, 0) is 0 Å². The number of carbonyl (C=O) groups excluding carboxylic acids is 1. The molecule has 1 aromatic carbocycles. The molecule has 3 rings (SSSR count). The second-order valence-corrected chi connectivity index (χ2v) is 4.43. The van der Waals surface area contributed by atoms with E-state index in [9.17, 15) is 4.79 Å². The number of aromatic nitrogens is 1. The van der Waals surface area contributed by atoms with Crippen LogP contribution in [0.4, 0.5) is 0 Å². The maximum absolute atomic E-state index is 12.3. The predicted octanol–water partition coefficient (Wildman–Crippen LogP) is 1.28. The number of fused-ring (bicyclic) bond motifs is 1. The van der Waals surface area contributed by atoms with Crippen molar-refractivity contribution in [2.75, 3.05) is 26.2 Å². The van der Waals surface area contributed by atoms with Gasteiger partial charge in [-0.3, -0.25) is 4.79 Å². The van der Waals surface area contributed by atoms with Gasteiger partial charge in [-0.15, -0.1) is 0 Å². The Kier molecular flexibility index (Phi) is 2.94. The van der Waals surface area contributed by atoms with Gasteiger partial charge in [-0.05, 0) is 12.1 Å². The number of hydrogen-bond donors (Lipinski definition) is 1. The SMILES string of the molecule is O=C(c1ccc2ccccc2n1)N1CCNCC1. The molecule has 1 saturated heterocycles. The smallest absolute Gasteiger partial charge is 0.272 e. The predicted molar refractivity (Wildman–Crippen MR) is 70.5 cm³/mol. The Morgan fingerprint density at radius 2 is 1.89 bits per heavy atom. The number of hydrogen-bond acceptors (Lipinski definition) is 3. The highest BCUT2D eigenvalue weighted by molar-refractivity contribution is 5.94. The summed E-state index contributed by atoms with van der Waals surface area (Å²) in [6.45, 7) is 3.24. The largest absolute Gasteiger partial charge is 0.335 e. The third kappa shape index (κ3) is 2.07. The van der Waals surface area contributed by atoms with Crippen LogP contribution in [0.1, 0.15) is 10.5 Å². The third-order valence-electron chi connectivity index (χ3n) is 3.22. The van der Waals surface area contributed by atoms with Crippen molar-refractivity contribution in [2.24, 2.45) is 0 Å². The van der Waals surface area contributed by atoms with E-state index in [4.69, 9.17) is 0 Å². The van der Waals surface area contributed by atoms with Gasteiger partial charge in [-0.2, -0.15) is 0 Å². The lowest BCUT2D eigenvalue weighted by atomic mass is 10.2. The molecular formula is C14H15N3O. The maximum Gasteiger partial charge on any atom is 0.272 e.